The molecule has 0 amide bonds. The van der Waals surface area contributed by atoms with Crippen molar-refractivity contribution in [2.75, 3.05) is 29.9 Å². The number of nitrogens with zero attached hydrogens (tertiary/aromatic N) is 5. The minimum atomic E-state index is -0.985. The highest BCUT2D eigenvalue weighted by atomic mass is 19.1. The molecule has 0 radical (unpaired) electrons. The van der Waals surface area contributed by atoms with Crippen LogP contribution in [-0.4, -0.2) is 56.8 Å². The molecule has 4 aromatic rings. The second-order valence-corrected chi connectivity index (χ2v) is 11.0. The third kappa shape index (κ3) is 7.35. The van der Waals surface area contributed by atoms with Gasteiger partial charge in [-0.3, -0.25) is 9.78 Å². The fourth-order valence-electron chi connectivity index (χ4n) is 4.95. The maximum Gasteiger partial charge on any atom is 0.309 e. The minimum absolute atomic E-state index is 0.0913. The van der Waals surface area contributed by atoms with Crippen molar-refractivity contribution in [1.82, 2.24) is 19.9 Å². The molecule has 0 spiro atoms. The highest BCUT2D eigenvalue weighted by molar-refractivity contribution is 5.74. The summed E-state index contributed by atoms with van der Waals surface area (Å²) in [5.74, 6) is 1.41. The van der Waals surface area contributed by atoms with Crippen LogP contribution in [0, 0.1) is 11.2 Å². The molecule has 0 unspecified atom stereocenters. The van der Waals surface area contributed by atoms with Gasteiger partial charge in [0.25, 0.3) is 5.88 Å². The van der Waals surface area contributed by atoms with Crippen molar-refractivity contribution in [2.24, 2.45) is 5.41 Å². The van der Waals surface area contributed by atoms with Crippen molar-refractivity contribution in [2.45, 2.75) is 46.1 Å². The fourth-order valence-corrected chi connectivity index (χ4v) is 4.95. The Morgan fingerprint density at radius 3 is 2.81 bits per heavy atom. The molecule has 1 aliphatic heterocycles. The number of pyridine rings is 2. The molecule has 1 fully saturated rings. The van der Waals surface area contributed by atoms with Gasteiger partial charge < -0.3 is 24.8 Å². The summed E-state index contributed by atoms with van der Waals surface area (Å²) in [6, 6.07) is 13.5. The number of hydrogen-bond donors (Lipinski definition) is 2. The third-order valence-electron chi connectivity index (χ3n) is 7.18. The number of hydrogen-bond acceptors (Lipinski definition) is 9. The Balaban J connectivity index is 1.29. The zero-order chi connectivity index (χ0) is 30.4. The first kappa shape index (κ1) is 29.7. The summed E-state index contributed by atoms with van der Waals surface area (Å²) in [6.45, 7) is 7.16. The summed E-state index contributed by atoms with van der Waals surface area (Å²) in [6.07, 6.45) is 6.97. The van der Waals surface area contributed by atoms with Crippen molar-refractivity contribution in [3.63, 3.8) is 0 Å². The second kappa shape index (κ2) is 13.0. The molecule has 5 rings (SSSR count). The van der Waals surface area contributed by atoms with E-state index in [1.807, 2.05) is 19.1 Å². The van der Waals surface area contributed by atoms with Crippen LogP contribution in [0.25, 0.3) is 11.3 Å². The van der Waals surface area contributed by atoms with Crippen molar-refractivity contribution in [3.8, 4) is 22.9 Å². The molecular weight excluding hydrogens is 551 g/mol. The lowest BCUT2D eigenvalue weighted by Crippen LogP contribution is -2.41. The quantitative estimate of drug-likeness (QED) is 0.219. The van der Waals surface area contributed by atoms with Gasteiger partial charge in [-0.1, -0.05) is 12.1 Å². The van der Waals surface area contributed by atoms with Gasteiger partial charge in [-0.15, -0.1) is 0 Å². The van der Waals surface area contributed by atoms with Gasteiger partial charge >= 0.3 is 5.97 Å². The molecule has 0 aliphatic carbocycles. The average Bonchev–Trinajstić information content (AvgIpc) is 2.99. The zero-order valence-corrected chi connectivity index (χ0v) is 24.5. The lowest BCUT2D eigenvalue weighted by Gasteiger charge is -2.33. The number of rotatable bonds is 11. The molecule has 11 heteroatoms. The summed E-state index contributed by atoms with van der Waals surface area (Å²) in [5.41, 5.74) is 0.435. The summed E-state index contributed by atoms with van der Waals surface area (Å²) < 4.78 is 26.7. The summed E-state index contributed by atoms with van der Waals surface area (Å²) in [4.78, 5) is 31.8. The molecule has 0 saturated carbocycles. The number of aliphatic carboxylic acids is 1. The van der Waals surface area contributed by atoms with Crippen LogP contribution in [0.15, 0.2) is 67.1 Å². The average molecular weight is 587 g/mol. The lowest BCUT2D eigenvalue weighted by atomic mass is 9.85. The highest BCUT2D eigenvalue weighted by Gasteiger charge is 2.28. The van der Waals surface area contributed by atoms with Crippen LogP contribution >= 0.6 is 0 Å². The van der Waals surface area contributed by atoms with E-state index in [2.05, 4.69) is 25.2 Å². The molecule has 224 valence electrons. The molecule has 1 saturated heterocycles. The van der Waals surface area contributed by atoms with Crippen LogP contribution in [0.4, 0.5) is 21.8 Å². The van der Waals surface area contributed by atoms with Crippen molar-refractivity contribution in [3.05, 3.63) is 78.5 Å². The molecule has 3 aromatic heterocycles. The number of anilines is 3. The first-order valence-corrected chi connectivity index (χ1v) is 14.3. The van der Waals surface area contributed by atoms with Crippen LogP contribution in [0.5, 0.6) is 11.6 Å². The van der Waals surface area contributed by atoms with E-state index in [1.165, 1.54) is 6.07 Å². The molecule has 10 nitrogen and oxygen atoms in total. The molecule has 4 heterocycles. The van der Waals surface area contributed by atoms with E-state index >= 15 is 0 Å². The van der Waals surface area contributed by atoms with E-state index in [-0.39, 0.29) is 12.5 Å². The van der Waals surface area contributed by atoms with Gasteiger partial charge in [-0.05, 0) is 82.0 Å². The number of piperidine rings is 1. The van der Waals surface area contributed by atoms with E-state index < -0.39 is 17.2 Å². The molecule has 1 atom stereocenters. The van der Waals surface area contributed by atoms with Gasteiger partial charge in [-0.25, -0.2) is 19.3 Å². The van der Waals surface area contributed by atoms with Crippen LogP contribution < -0.4 is 19.7 Å². The van der Waals surface area contributed by atoms with E-state index in [1.54, 1.807) is 62.8 Å². The van der Waals surface area contributed by atoms with Crippen LogP contribution in [-0.2, 0) is 11.2 Å². The minimum Gasteiger partial charge on any atom is -0.488 e. The molecule has 43 heavy (non-hydrogen) atoms. The predicted molar refractivity (Wildman–Crippen MR) is 161 cm³/mol. The maximum atomic E-state index is 14.9. The Kier molecular flexibility index (Phi) is 8.98. The van der Waals surface area contributed by atoms with Gasteiger partial charge in [0.1, 0.15) is 23.6 Å². The number of halogens is 1. The number of carboxylic acid groups (broad SMARTS) is 1. The van der Waals surface area contributed by atoms with Crippen LogP contribution in [0.3, 0.4) is 0 Å². The topological polar surface area (TPSA) is 123 Å². The summed E-state index contributed by atoms with van der Waals surface area (Å²) >= 11 is 0. The Labute approximate surface area is 250 Å². The second-order valence-electron chi connectivity index (χ2n) is 11.0. The van der Waals surface area contributed by atoms with Gasteiger partial charge in [0.05, 0.1) is 36.7 Å². The van der Waals surface area contributed by atoms with Crippen LogP contribution in [0.2, 0.25) is 0 Å². The first-order valence-electron chi connectivity index (χ1n) is 14.3. The zero-order valence-electron chi connectivity index (χ0n) is 24.5. The lowest BCUT2D eigenvalue weighted by molar-refractivity contribution is -0.146. The van der Waals surface area contributed by atoms with Gasteiger partial charge in [-0.2, -0.15) is 0 Å². The third-order valence-corrected chi connectivity index (χ3v) is 7.18. The largest absolute Gasteiger partial charge is 0.488 e. The van der Waals surface area contributed by atoms with Crippen molar-refractivity contribution < 1.29 is 23.8 Å². The van der Waals surface area contributed by atoms with Gasteiger partial charge in [0, 0.05) is 18.3 Å². The summed E-state index contributed by atoms with van der Waals surface area (Å²) in [5, 5.41) is 12.7. The molecule has 0 bridgehead atoms. The maximum absolute atomic E-state index is 14.9. The number of benzene rings is 1. The smallest absolute Gasteiger partial charge is 0.309 e. The number of carbonyl (C=O) groups is 1. The Morgan fingerprint density at radius 1 is 1.14 bits per heavy atom. The van der Waals surface area contributed by atoms with Gasteiger partial charge in [0.2, 0.25) is 0 Å². The summed E-state index contributed by atoms with van der Waals surface area (Å²) in [7, 11) is 0. The van der Waals surface area contributed by atoms with E-state index in [0.29, 0.717) is 59.1 Å². The van der Waals surface area contributed by atoms with Crippen molar-refractivity contribution >= 4 is 23.4 Å². The van der Waals surface area contributed by atoms with Gasteiger partial charge in [0.15, 0.2) is 11.6 Å². The predicted octanol–water partition coefficient (Wildman–Crippen LogP) is 5.92. The molecule has 1 aromatic carbocycles. The van der Waals surface area contributed by atoms with Crippen LogP contribution in [0.1, 0.15) is 39.2 Å². The molecule has 1 aliphatic rings. The standard InChI is InChI=1S/C32H35FN6O4/c1-4-42-26-10-6-14-35-30(26)43-22-8-7-15-39(20-22)29-19-34-18-28(38-29)37-27-11-5-9-25(36-27)23-16-21(12-13-24(23)33)17-32(2,3)31(40)41/h5-6,9-14,16,18-19,22H,4,7-8,15,17,20H2,1-3H3,(H,40,41)(H,36,37,38)/t22-/m1/s1. The first-order chi connectivity index (χ1) is 20.7. The van der Waals surface area contributed by atoms with E-state index in [9.17, 15) is 14.3 Å². The number of nitrogens with one attached hydrogen (secondary N) is 1. The fraction of sp³-hybridized carbons (Fsp3) is 0.344. The Bertz CT molecular complexity index is 1580. The molecular formula is C32H35FN6O4. The number of ether oxygens (including phenoxy) is 2. The highest BCUT2D eigenvalue weighted by Crippen LogP contribution is 2.30. The van der Waals surface area contributed by atoms with Crippen molar-refractivity contribution in [1.29, 1.82) is 0 Å². The normalized spacial score (nSPS) is 15.2. The van der Waals surface area contributed by atoms with E-state index in [4.69, 9.17) is 14.5 Å². The number of aromatic nitrogens is 4. The number of carboxylic acids is 1. The Morgan fingerprint density at radius 2 is 2.00 bits per heavy atom. The monoisotopic (exact) mass is 586 g/mol. The Hall–Kier alpha value is -4.80. The SMILES string of the molecule is CCOc1cccnc1O[C@@H]1CCCN(c2cncc(Nc3cccc(-c4cc(CC(C)(C)C(=O)O)ccc4F)n3)n2)C1. The molecule has 2 N–H and O–H groups in total. The van der Waals surface area contributed by atoms with E-state index in [0.717, 1.165) is 19.4 Å².